The van der Waals surface area contributed by atoms with E-state index in [9.17, 15) is 4.79 Å². The first-order valence-electron chi connectivity index (χ1n) is 12.5. The monoisotopic (exact) mass is 557 g/mol. The van der Waals surface area contributed by atoms with Crippen LogP contribution in [0, 0.1) is 13.8 Å². The third-order valence-corrected chi connectivity index (χ3v) is 8.50. The van der Waals surface area contributed by atoms with Gasteiger partial charge in [0.25, 0.3) is 10.8 Å². The maximum Gasteiger partial charge on any atom is 0.274 e. The summed E-state index contributed by atoms with van der Waals surface area (Å²) in [4.78, 5) is 28.9. The molecule has 5 aromatic heterocycles. The van der Waals surface area contributed by atoms with E-state index in [4.69, 9.17) is 15.6 Å². The van der Waals surface area contributed by atoms with E-state index >= 15 is 0 Å². The highest BCUT2D eigenvalue weighted by Gasteiger charge is 2.26. The quantitative estimate of drug-likeness (QED) is 0.272. The zero-order valence-corrected chi connectivity index (χ0v) is 23.8. The Balaban J connectivity index is 1.59. The number of rotatable bonds is 6. The normalized spacial score (nSPS) is 12.6. The van der Waals surface area contributed by atoms with Crippen molar-refractivity contribution < 1.29 is 4.74 Å². The summed E-state index contributed by atoms with van der Waals surface area (Å²) in [7, 11) is 0. The Morgan fingerprint density at radius 2 is 1.90 bits per heavy atom. The second-order valence-corrected chi connectivity index (χ2v) is 11.7. The van der Waals surface area contributed by atoms with Gasteiger partial charge in [0.15, 0.2) is 5.65 Å². The minimum Gasteiger partial charge on any atom is -0.467 e. The molecule has 9 nitrogen and oxygen atoms in total. The third kappa shape index (κ3) is 4.27. The smallest absolute Gasteiger partial charge is 0.274 e. The highest BCUT2D eigenvalue weighted by Crippen LogP contribution is 2.39. The van der Waals surface area contributed by atoms with Crippen LogP contribution in [-0.4, -0.2) is 35.2 Å². The molecule has 1 atom stereocenters. The number of hydrogen-bond acceptors (Lipinski definition) is 9. The molecule has 0 saturated heterocycles. The third-order valence-electron chi connectivity index (χ3n) is 6.60. The van der Waals surface area contributed by atoms with E-state index < -0.39 is 0 Å². The summed E-state index contributed by atoms with van der Waals surface area (Å²) in [5.74, 6) is 0.330. The van der Waals surface area contributed by atoms with Gasteiger partial charge >= 0.3 is 0 Å². The summed E-state index contributed by atoms with van der Waals surface area (Å²) in [6.07, 6.45) is 3.17. The van der Waals surface area contributed by atoms with Gasteiger partial charge in [0.2, 0.25) is 0 Å². The number of nitrogen functional groups attached to an aromatic ring is 1. The lowest BCUT2D eigenvalue weighted by atomic mass is 9.96. The summed E-state index contributed by atoms with van der Waals surface area (Å²) in [6.45, 7) is 9.92. The van der Waals surface area contributed by atoms with Crippen LogP contribution < -0.4 is 16.0 Å². The van der Waals surface area contributed by atoms with Gasteiger partial charge in [-0.2, -0.15) is 5.10 Å². The van der Waals surface area contributed by atoms with Gasteiger partial charge in [-0.05, 0) is 51.8 Å². The number of hydrogen-bond donors (Lipinski definition) is 1. The first-order valence-corrected chi connectivity index (χ1v) is 14.2. The van der Waals surface area contributed by atoms with Gasteiger partial charge < -0.3 is 10.5 Å². The lowest BCUT2D eigenvalue weighted by Crippen LogP contribution is -2.21. The summed E-state index contributed by atoms with van der Waals surface area (Å²) < 4.78 is 9.39. The second-order valence-electron chi connectivity index (χ2n) is 9.78. The van der Waals surface area contributed by atoms with E-state index in [1.807, 2.05) is 68.9 Å². The fourth-order valence-electron chi connectivity index (χ4n) is 4.84. The first kappa shape index (κ1) is 25.2. The van der Waals surface area contributed by atoms with Crippen LogP contribution in [0.4, 0.5) is 5.82 Å². The number of benzene rings is 1. The van der Waals surface area contributed by atoms with Crippen molar-refractivity contribution in [3.8, 4) is 26.9 Å². The highest BCUT2D eigenvalue weighted by molar-refractivity contribution is 7.17. The number of pyridine rings is 1. The van der Waals surface area contributed by atoms with Crippen LogP contribution in [0.1, 0.15) is 43.6 Å². The van der Waals surface area contributed by atoms with Crippen LogP contribution in [0.25, 0.3) is 37.6 Å². The van der Waals surface area contributed by atoms with E-state index in [0.717, 1.165) is 32.1 Å². The van der Waals surface area contributed by atoms with E-state index in [1.165, 1.54) is 17.7 Å². The van der Waals surface area contributed by atoms with Gasteiger partial charge in [-0.15, -0.1) is 11.3 Å². The van der Waals surface area contributed by atoms with Crippen molar-refractivity contribution in [1.82, 2.24) is 29.1 Å². The molecule has 0 bridgehead atoms. The molecule has 1 aromatic carbocycles. The average Bonchev–Trinajstić information content (AvgIpc) is 3.61. The van der Waals surface area contributed by atoms with Crippen LogP contribution in [0.15, 0.2) is 53.0 Å². The van der Waals surface area contributed by atoms with Crippen LogP contribution in [-0.2, 0) is 0 Å². The van der Waals surface area contributed by atoms with Crippen molar-refractivity contribution in [2.75, 3.05) is 5.73 Å². The second kappa shape index (κ2) is 9.58. The molecular weight excluding hydrogens is 530 g/mol. The number of ether oxygens (including phenoxy) is 1. The number of aromatic nitrogens is 6. The minimum absolute atomic E-state index is 0.00160. The number of nitrogens with two attached hydrogens (primary N) is 1. The molecule has 39 heavy (non-hydrogen) atoms. The lowest BCUT2D eigenvalue weighted by Gasteiger charge is -2.18. The Labute approximate surface area is 232 Å². The van der Waals surface area contributed by atoms with Crippen LogP contribution in [0.5, 0.6) is 5.19 Å². The molecule has 0 amide bonds. The number of anilines is 1. The van der Waals surface area contributed by atoms with Crippen LogP contribution in [0.2, 0.25) is 0 Å². The molecule has 0 fully saturated rings. The summed E-state index contributed by atoms with van der Waals surface area (Å²) in [5.41, 5.74) is 11.9. The topological polar surface area (TPSA) is 113 Å². The molecule has 5 heterocycles. The lowest BCUT2D eigenvalue weighted by molar-refractivity contribution is 0.241. The Bertz CT molecular complexity index is 1910. The molecule has 11 heteroatoms. The first-order chi connectivity index (χ1) is 18.7. The number of fused-ring (bicyclic) bond motifs is 2. The Morgan fingerprint density at radius 3 is 2.67 bits per heavy atom. The van der Waals surface area contributed by atoms with E-state index in [2.05, 4.69) is 21.0 Å². The van der Waals surface area contributed by atoms with Gasteiger partial charge in [-0.25, -0.2) is 19.6 Å². The fourth-order valence-corrected chi connectivity index (χ4v) is 6.64. The maximum absolute atomic E-state index is 14.0. The van der Waals surface area contributed by atoms with Crippen molar-refractivity contribution in [1.29, 1.82) is 0 Å². The minimum atomic E-state index is -0.342. The molecule has 0 radical (unpaired) electrons. The molecule has 6 aromatic rings. The predicted molar refractivity (Wildman–Crippen MR) is 157 cm³/mol. The zero-order valence-electron chi connectivity index (χ0n) is 22.2. The highest BCUT2D eigenvalue weighted by atomic mass is 32.1. The van der Waals surface area contributed by atoms with Crippen molar-refractivity contribution >= 4 is 44.4 Å². The molecule has 0 spiro atoms. The van der Waals surface area contributed by atoms with Crippen molar-refractivity contribution in [2.45, 2.75) is 46.8 Å². The molecule has 2 N–H and O–H groups in total. The molecule has 0 saturated carbocycles. The molecule has 198 valence electrons. The molecule has 0 aliphatic rings. The average molecular weight is 558 g/mol. The Kier molecular flexibility index (Phi) is 6.19. The Morgan fingerprint density at radius 1 is 1.08 bits per heavy atom. The van der Waals surface area contributed by atoms with Crippen molar-refractivity contribution in [3.63, 3.8) is 0 Å². The summed E-state index contributed by atoms with van der Waals surface area (Å²) in [5, 5.41) is 8.20. The van der Waals surface area contributed by atoms with Crippen LogP contribution >= 0.6 is 22.7 Å². The summed E-state index contributed by atoms with van der Waals surface area (Å²) >= 11 is 2.94. The van der Waals surface area contributed by atoms with Gasteiger partial charge in [0, 0.05) is 11.1 Å². The number of nitrogens with zero attached hydrogens (tertiary/aromatic N) is 6. The van der Waals surface area contributed by atoms with Gasteiger partial charge in [-0.3, -0.25) is 9.20 Å². The van der Waals surface area contributed by atoms with Crippen LogP contribution in [0.3, 0.4) is 0 Å². The molecule has 0 aliphatic heterocycles. The van der Waals surface area contributed by atoms with Crippen molar-refractivity contribution in [3.05, 3.63) is 75.4 Å². The predicted octanol–water partition coefficient (Wildman–Crippen LogP) is 5.89. The standard InChI is InChI=1S/C28H27N7O2S2/c1-14(2)37-28-30-11-20(39-28)24-23-25(29)31-13-32-26(23)35(33-24)17(5)19-10-21-34(16(4)12-38-21)27(36)22(19)18-8-6-7-15(3)9-18/h6-14,17H,1-5H3,(H2,29,31,32)/t17-/m0/s1. The van der Waals surface area contributed by atoms with Gasteiger partial charge in [0.05, 0.1) is 34.2 Å². The summed E-state index contributed by atoms with van der Waals surface area (Å²) in [6, 6.07) is 9.77. The maximum atomic E-state index is 14.0. The molecule has 0 aliphatic carbocycles. The Hall–Kier alpha value is -4.09. The number of thiazole rings is 2. The number of aryl methyl sites for hydroxylation is 2. The van der Waals surface area contributed by atoms with Crippen molar-refractivity contribution in [2.24, 2.45) is 0 Å². The fraction of sp³-hybridized carbons (Fsp3) is 0.250. The van der Waals surface area contributed by atoms with E-state index in [1.54, 1.807) is 21.9 Å². The zero-order chi connectivity index (χ0) is 27.4. The molecule has 6 rings (SSSR count). The van der Waals surface area contributed by atoms with E-state index in [0.29, 0.717) is 33.3 Å². The SMILES string of the molecule is Cc1cccc(-c2c([C@H](C)n3nc(-c4cnc(OC(C)C)s4)c4c(N)ncnc43)cc3scc(C)n3c2=O)c1. The molecular formula is C28H27N7O2S2. The largest absolute Gasteiger partial charge is 0.467 e. The van der Waals surface area contributed by atoms with Gasteiger partial charge in [-0.1, -0.05) is 41.2 Å². The van der Waals surface area contributed by atoms with E-state index in [-0.39, 0.29) is 17.7 Å². The van der Waals surface area contributed by atoms with Gasteiger partial charge in [0.1, 0.15) is 22.7 Å². The molecule has 0 unspecified atom stereocenters.